The number of alkyl halides is 1. The van der Waals surface area contributed by atoms with Gasteiger partial charge in [-0.3, -0.25) is 0 Å². The molecule has 0 atom stereocenters. The maximum absolute atomic E-state index is 13.1. The monoisotopic (exact) mass is 218 g/mol. The van der Waals surface area contributed by atoms with Gasteiger partial charge >= 0.3 is 0 Å². The zero-order valence-electron chi connectivity index (χ0n) is 6.96. The average Bonchev–Trinajstić information content (AvgIpc) is 2.00. The molecule has 0 aromatic heterocycles. The molecule has 76 valence electrons. The molecule has 0 radical (unpaired) electrons. The maximum atomic E-state index is 13.1. The lowest BCUT2D eigenvalue weighted by atomic mass is 10.0. The highest BCUT2D eigenvalue weighted by Crippen LogP contribution is 2.14. The molecule has 5 heteroatoms. The van der Waals surface area contributed by atoms with Crippen molar-refractivity contribution in [2.75, 3.05) is 13.1 Å². The fourth-order valence-corrected chi connectivity index (χ4v) is 0.648. The van der Waals surface area contributed by atoms with E-state index < -0.39 is 5.67 Å². The smallest absolute Gasteiger partial charge is 0.135 e. The summed E-state index contributed by atoms with van der Waals surface area (Å²) < 4.78 is 13.1. The first-order valence-electron chi connectivity index (χ1n) is 3.38. The van der Waals surface area contributed by atoms with Gasteiger partial charge in [-0.2, -0.15) is 0 Å². The molecular formula is C7H17Cl2FN2. The fourth-order valence-electron chi connectivity index (χ4n) is 0.648. The molecule has 12 heavy (non-hydrogen) atoms. The van der Waals surface area contributed by atoms with Gasteiger partial charge in [0.2, 0.25) is 0 Å². The van der Waals surface area contributed by atoms with Gasteiger partial charge in [0, 0.05) is 13.1 Å². The molecule has 0 aliphatic heterocycles. The van der Waals surface area contributed by atoms with E-state index in [2.05, 4.69) is 6.58 Å². The molecule has 0 aromatic rings. The molecule has 0 rings (SSSR count). The van der Waals surface area contributed by atoms with E-state index in [0.717, 1.165) is 0 Å². The summed E-state index contributed by atoms with van der Waals surface area (Å²) in [7, 11) is 0. The predicted molar refractivity (Wildman–Crippen MR) is 55.9 cm³/mol. The average molecular weight is 219 g/mol. The lowest BCUT2D eigenvalue weighted by Crippen LogP contribution is -2.40. The second-order valence-corrected chi connectivity index (χ2v) is 2.39. The van der Waals surface area contributed by atoms with Crippen LogP contribution < -0.4 is 11.5 Å². The van der Waals surface area contributed by atoms with Crippen LogP contribution in [0.4, 0.5) is 4.39 Å². The highest BCUT2D eigenvalue weighted by molar-refractivity contribution is 5.85. The molecule has 0 fully saturated rings. The third-order valence-electron chi connectivity index (χ3n) is 1.53. The van der Waals surface area contributed by atoms with Crippen molar-refractivity contribution in [2.24, 2.45) is 11.5 Å². The van der Waals surface area contributed by atoms with E-state index in [1.807, 2.05) is 0 Å². The van der Waals surface area contributed by atoms with Crippen molar-refractivity contribution >= 4 is 24.8 Å². The largest absolute Gasteiger partial charge is 0.327 e. The topological polar surface area (TPSA) is 52.0 Å². The van der Waals surface area contributed by atoms with Crippen molar-refractivity contribution in [3.05, 3.63) is 12.7 Å². The minimum atomic E-state index is -1.38. The Bertz CT molecular complexity index is 108. The molecule has 0 aliphatic rings. The van der Waals surface area contributed by atoms with Crippen LogP contribution in [-0.2, 0) is 0 Å². The summed E-state index contributed by atoms with van der Waals surface area (Å²) in [5.41, 5.74) is 8.96. The van der Waals surface area contributed by atoms with Crippen LogP contribution in [0, 0.1) is 0 Å². The SMILES string of the molecule is C=CCCC(F)(CN)CN.Cl.Cl. The molecule has 0 bridgehead atoms. The van der Waals surface area contributed by atoms with Gasteiger partial charge in [-0.1, -0.05) is 6.08 Å². The Hall–Kier alpha value is 0.170. The molecule has 0 saturated heterocycles. The molecule has 0 amide bonds. The molecule has 4 N–H and O–H groups in total. The van der Waals surface area contributed by atoms with Crippen molar-refractivity contribution in [2.45, 2.75) is 18.5 Å². The first-order valence-corrected chi connectivity index (χ1v) is 3.38. The minimum Gasteiger partial charge on any atom is -0.327 e. The molecule has 0 aliphatic carbocycles. The number of hydrogen-bond acceptors (Lipinski definition) is 2. The Morgan fingerprint density at radius 2 is 1.67 bits per heavy atom. The first-order chi connectivity index (χ1) is 4.68. The number of nitrogens with two attached hydrogens (primary N) is 2. The summed E-state index contributed by atoms with van der Waals surface area (Å²) in [6, 6.07) is 0. The summed E-state index contributed by atoms with van der Waals surface area (Å²) in [5, 5.41) is 0. The van der Waals surface area contributed by atoms with Crippen LogP contribution in [0.2, 0.25) is 0 Å². The van der Waals surface area contributed by atoms with Crippen LogP contribution in [0.25, 0.3) is 0 Å². The van der Waals surface area contributed by atoms with E-state index in [0.29, 0.717) is 12.8 Å². The number of rotatable bonds is 5. The van der Waals surface area contributed by atoms with Crippen LogP contribution in [0.5, 0.6) is 0 Å². The molecule has 2 nitrogen and oxygen atoms in total. The summed E-state index contributed by atoms with van der Waals surface area (Å²) >= 11 is 0. The third kappa shape index (κ3) is 6.85. The van der Waals surface area contributed by atoms with Crippen LogP contribution in [-0.4, -0.2) is 18.8 Å². The number of allylic oxidation sites excluding steroid dienone is 1. The summed E-state index contributed by atoms with van der Waals surface area (Å²) in [6.07, 6.45) is 2.67. The lowest BCUT2D eigenvalue weighted by molar-refractivity contribution is 0.171. The van der Waals surface area contributed by atoms with Gasteiger partial charge in [0.25, 0.3) is 0 Å². The minimum absolute atomic E-state index is 0. The van der Waals surface area contributed by atoms with Crippen molar-refractivity contribution in [1.29, 1.82) is 0 Å². The van der Waals surface area contributed by atoms with E-state index >= 15 is 0 Å². The van der Waals surface area contributed by atoms with Gasteiger partial charge in [0.1, 0.15) is 5.67 Å². The Kier molecular flexibility index (Phi) is 13.9. The van der Waals surface area contributed by atoms with Crippen LogP contribution >= 0.6 is 24.8 Å². The van der Waals surface area contributed by atoms with Crippen molar-refractivity contribution in [3.8, 4) is 0 Å². The van der Waals surface area contributed by atoms with Gasteiger partial charge in [-0.15, -0.1) is 31.4 Å². The van der Waals surface area contributed by atoms with E-state index in [1.54, 1.807) is 6.08 Å². The number of hydrogen-bond donors (Lipinski definition) is 2. The van der Waals surface area contributed by atoms with E-state index in [9.17, 15) is 4.39 Å². The summed E-state index contributed by atoms with van der Waals surface area (Å²) in [6.45, 7) is 3.48. The molecule has 0 spiro atoms. The maximum Gasteiger partial charge on any atom is 0.135 e. The lowest BCUT2D eigenvalue weighted by Gasteiger charge is -2.20. The molecule has 0 unspecified atom stereocenters. The van der Waals surface area contributed by atoms with Crippen LogP contribution in [0.15, 0.2) is 12.7 Å². The molecule has 0 saturated carbocycles. The second kappa shape index (κ2) is 9.26. The molecule has 0 heterocycles. The van der Waals surface area contributed by atoms with Gasteiger partial charge in [-0.25, -0.2) is 4.39 Å². The molecular weight excluding hydrogens is 202 g/mol. The van der Waals surface area contributed by atoms with Gasteiger partial charge in [0.15, 0.2) is 0 Å². The van der Waals surface area contributed by atoms with E-state index in [-0.39, 0.29) is 37.9 Å². The fraction of sp³-hybridized carbons (Fsp3) is 0.714. The summed E-state index contributed by atoms with van der Waals surface area (Å²) in [4.78, 5) is 0. The third-order valence-corrected chi connectivity index (χ3v) is 1.53. The van der Waals surface area contributed by atoms with Gasteiger partial charge in [0.05, 0.1) is 0 Å². The Morgan fingerprint density at radius 1 is 1.25 bits per heavy atom. The predicted octanol–water partition coefficient (Wildman–Crippen LogP) is 1.42. The van der Waals surface area contributed by atoms with Crippen molar-refractivity contribution in [1.82, 2.24) is 0 Å². The Balaban J connectivity index is -0.000000405. The molecule has 0 aromatic carbocycles. The number of halogens is 3. The van der Waals surface area contributed by atoms with Gasteiger partial charge < -0.3 is 11.5 Å². The highest BCUT2D eigenvalue weighted by Gasteiger charge is 2.24. The van der Waals surface area contributed by atoms with Gasteiger partial charge in [-0.05, 0) is 12.8 Å². The van der Waals surface area contributed by atoms with E-state index in [4.69, 9.17) is 11.5 Å². The Labute approximate surface area is 85.4 Å². The van der Waals surface area contributed by atoms with Crippen molar-refractivity contribution < 1.29 is 4.39 Å². The first kappa shape index (κ1) is 18.1. The zero-order valence-corrected chi connectivity index (χ0v) is 8.60. The van der Waals surface area contributed by atoms with E-state index in [1.165, 1.54) is 0 Å². The Morgan fingerprint density at radius 3 is 1.92 bits per heavy atom. The normalized spacial score (nSPS) is 9.58. The van der Waals surface area contributed by atoms with Crippen LogP contribution in [0.3, 0.4) is 0 Å². The highest BCUT2D eigenvalue weighted by atomic mass is 35.5. The second-order valence-electron chi connectivity index (χ2n) is 2.39. The summed E-state index contributed by atoms with van der Waals surface area (Å²) in [5.74, 6) is 0. The quantitative estimate of drug-likeness (QED) is 0.687. The zero-order chi connectivity index (χ0) is 8.04. The van der Waals surface area contributed by atoms with Crippen LogP contribution in [0.1, 0.15) is 12.8 Å². The standard InChI is InChI=1S/C7H15FN2.2ClH/c1-2-3-4-7(8,5-9)6-10;;/h2H,1,3-6,9-10H2;2*1H. The van der Waals surface area contributed by atoms with Crippen molar-refractivity contribution in [3.63, 3.8) is 0 Å².